The third-order valence-electron chi connectivity index (χ3n) is 7.52. The summed E-state index contributed by atoms with van der Waals surface area (Å²) in [6.45, 7) is 4.17. The van der Waals surface area contributed by atoms with Crippen molar-refractivity contribution in [1.82, 2.24) is 19.9 Å². The molecule has 33 heavy (non-hydrogen) atoms. The first kappa shape index (κ1) is 22.0. The van der Waals surface area contributed by atoms with Crippen molar-refractivity contribution in [3.8, 4) is 0 Å². The lowest BCUT2D eigenvalue weighted by atomic mass is 9.88. The van der Waals surface area contributed by atoms with E-state index in [-0.39, 0.29) is 17.7 Å². The Balaban J connectivity index is 1.39. The zero-order valence-corrected chi connectivity index (χ0v) is 19.5. The molecule has 1 aliphatic carbocycles. The third-order valence-corrected chi connectivity index (χ3v) is 7.52. The average molecular weight is 448 g/mol. The van der Waals surface area contributed by atoms with Crippen LogP contribution in [0, 0.1) is 12.8 Å². The number of likely N-dealkylation sites (tertiary alicyclic amines) is 1. The van der Waals surface area contributed by atoms with Crippen LogP contribution in [0.4, 0.5) is 5.82 Å². The molecule has 2 aliphatic heterocycles. The molecule has 0 spiro atoms. The quantitative estimate of drug-likeness (QED) is 0.706. The van der Waals surface area contributed by atoms with Gasteiger partial charge in [-0.3, -0.25) is 19.5 Å². The summed E-state index contributed by atoms with van der Waals surface area (Å²) < 4.78 is 0. The Morgan fingerprint density at radius 3 is 2.61 bits per heavy atom. The number of fused-ring (bicyclic) bond motifs is 1. The van der Waals surface area contributed by atoms with Crippen LogP contribution in [0.1, 0.15) is 84.7 Å². The molecule has 5 rings (SSSR count). The van der Waals surface area contributed by atoms with E-state index in [1.165, 1.54) is 32.1 Å². The number of nitrogens with zero attached hydrogens (tertiary/aromatic N) is 5. The summed E-state index contributed by atoms with van der Waals surface area (Å²) in [5.74, 6) is 2.48. The van der Waals surface area contributed by atoms with E-state index in [0.29, 0.717) is 24.4 Å². The number of carbonyl (C=O) groups excluding carboxylic acids is 2. The zero-order valence-electron chi connectivity index (χ0n) is 19.5. The van der Waals surface area contributed by atoms with E-state index >= 15 is 0 Å². The molecule has 0 radical (unpaired) electrons. The molecular formula is C26H33N5O2. The molecule has 174 valence electrons. The van der Waals surface area contributed by atoms with Crippen LogP contribution in [-0.4, -0.2) is 51.3 Å². The van der Waals surface area contributed by atoms with Gasteiger partial charge in [-0.1, -0.05) is 19.3 Å². The minimum atomic E-state index is 0.0332. The summed E-state index contributed by atoms with van der Waals surface area (Å²) in [7, 11) is 0. The highest BCUT2D eigenvalue weighted by Gasteiger charge is 2.33. The second-order valence-corrected chi connectivity index (χ2v) is 9.80. The number of aromatic nitrogens is 3. The number of carbonyl (C=O) groups is 2. The van der Waals surface area contributed by atoms with Crippen LogP contribution in [0.5, 0.6) is 0 Å². The number of aryl methyl sites for hydroxylation is 1. The molecule has 2 fully saturated rings. The number of rotatable bonds is 4. The highest BCUT2D eigenvalue weighted by Crippen LogP contribution is 2.34. The van der Waals surface area contributed by atoms with Gasteiger partial charge in [-0.2, -0.15) is 0 Å². The van der Waals surface area contributed by atoms with E-state index in [2.05, 4.69) is 4.98 Å². The molecule has 4 heterocycles. The van der Waals surface area contributed by atoms with Crippen molar-refractivity contribution in [2.75, 3.05) is 24.5 Å². The van der Waals surface area contributed by atoms with Crippen LogP contribution in [0.15, 0.2) is 24.5 Å². The van der Waals surface area contributed by atoms with Crippen LogP contribution in [-0.2, 0) is 11.2 Å². The van der Waals surface area contributed by atoms with Gasteiger partial charge in [0.15, 0.2) is 0 Å². The first-order valence-corrected chi connectivity index (χ1v) is 12.5. The first-order chi connectivity index (χ1) is 16.1. The molecular weight excluding hydrogens is 414 g/mol. The summed E-state index contributed by atoms with van der Waals surface area (Å²) in [5, 5.41) is 0. The SMILES string of the molecule is Cc1nc(C2CCCN(C(=O)c3ccncc3)C2)nc2c1CCC(=O)N2CC1CCCCC1. The van der Waals surface area contributed by atoms with Crippen molar-refractivity contribution >= 4 is 17.6 Å². The summed E-state index contributed by atoms with van der Waals surface area (Å²) in [6, 6.07) is 3.53. The van der Waals surface area contributed by atoms with Gasteiger partial charge in [-0.25, -0.2) is 9.97 Å². The maximum atomic E-state index is 13.0. The predicted molar refractivity (Wildman–Crippen MR) is 126 cm³/mol. The number of piperidine rings is 1. The van der Waals surface area contributed by atoms with Crippen LogP contribution < -0.4 is 4.90 Å². The number of anilines is 1. The second-order valence-electron chi connectivity index (χ2n) is 9.80. The fourth-order valence-corrected chi connectivity index (χ4v) is 5.65. The lowest BCUT2D eigenvalue weighted by molar-refractivity contribution is -0.119. The molecule has 0 aromatic carbocycles. The lowest BCUT2D eigenvalue weighted by Crippen LogP contribution is -2.42. The fraction of sp³-hybridized carbons (Fsp3) is 0.577. The summed E-state index contributed by atoms with van der Waals surface area (Å²) >= 11 is 0. The Morgan fingerprint density at radius 2 is 1.82 bits per heavy atom. The molecule has 0 N–H and O–H groups in total. The molecule has 2 aromatic rings. The minimum absolute atomic E-state index is 0.0332. The van der Waals surface area contributed by atoms with Gasteiger partial charge in [-0.15, -0.1) is 0 Å². The van der Waals surface area contributed by atoms with E-state index in [1.807, 2.05) is 16.7 Å². The van der Waals surface area contributed by atoms with Crippen molar-refractivity contribution in [2.45, 2.75) is 70.6 Å². The first-order valence-electron chi connectivity index (χ1n) is 12.5. The predicted octanol–water partition coefficient (Wildman–Crippen LogP) is 4.06. The Bertz CT molecular complexity index is 1020. The van der Waals surface area contributed by atoms with Gasteiger partial charge in [0, 0.05) is 61.2 Å². The van der Waals surface area contributed by atoms with Gasteiger partial charge in [0.05, 0.1) is 0 Å². The van der Waals surface area contributed by atoms with E-state index in [1.54, 1.807) is 24.5 Å². The maximum absolute atomic E-state index is 13.0. The standard InChI is InChI=1S/C26H33N5O2/c1-18-22-9-10-23(32)31(16-19-6-3-2-4-7-19)25(22)29-24(28-18)21-8-5-15-30(17-21)26(33)20-11-13-27-14-12-20/h11-14,19,21H,2-10,15-17H2,1H3. The van der Waals surface area contributed by atoms with Crippen molar-refractivity contribution in [1.29, 1.82) is 0 Å². The summed E-state index contributed by atoms with van der Waals surface area (Å²) in [6.07, 6.45) is 12.7. The number of pyridine rings is 1. The van der Waals surface area contributed by atoms with Gasteiger partial charge in [0.25, 0.3) is 5.91 Å². The molecule has 1 saturated carbocycles. The van der Waals surface area contributed by atoms with Gasteiger partial charge in [0.2, 0.25) is 5.91 Å². The molecule has 1 saturated heterocycles. The fourth-order valence-electron chi connectivity index (χ4n) is 5.65. The molecule has 2 amide bonds. The van der Waals surface area contributed by atoms with Crippen molar-refractivity contribution in [3.05, 3.63) is 47.2 Å². The Kier molecular flexibility index (Phi) is 6.38. The highest BCUT2D eigenvalue weighted by atomic mass is 16.2. The zero-order chi connectivity index (χ0) is 22.8. The lowest BCUT2D eigenvalue weighted by Gasteiger charge is -2.35. The normalized spacial score (nSPS) is 21.7. The Labute approximate surface area is 195 Å². The van der Waals surface area contributed by atoms with E-state index in [9.17, 15) is 9.59 Å². The maximum Gasteiger partial charge on any atom is 0.253 e. The van der Waals surface area contributed by atoms with Crippen molar-refractivity contribution in [2.24, 2.45) is 5.92 Å². The minimum Gasteiger partial charge on any atom is -0.338 e. The van der Waals surface area contributed by atoms with Crippen molar-refractivity contribution in [3.63, 3.8) is 0 Å². The van der Waals surface area contributed by atoms with Gasteiger partial charge < -0.3 is 4.90 Å². The third kappa shape index (κ3) is 4.63. The van der Waals surface area contributed by atoms with E-state index in [0.717, 1.165) is 55.3 Å². The van der Waals surface area contributed by atoms with Crippen LogP contribution in [0.25, 0.3) is 0 Å². The van der Waals surface area contributed by atoms with Crippen LogP contribution in [0.3, 0.4) is 0 Å². The summed E-state index contributed by atoms with van der Waals surface area (Å²) in [4.78, 5) is 43.7. The van der Waals surface area contributed by atoms with Crippen LogP contribution >= 0.6 is 0 Å². The molecule has 1 unspecified atom stereocenters. The Morgan fingerprint density at radius 1 is 1.03 bits per heavy atom. The molecule has 7 nitrogen and oxygen atoms in total. The monoisotopic (exact) mass is 447 g/mol. The highest BCUT2D eigenvalue weighted by molar-refractivity contribution is 5.95. The second kappa shape index (κ2) is 9.57. The average Bonchev–Trinajstić information content (AvgIpc) is 2.86. The molecule has 0 bridgehead atoms. The number of amides is 2. The van der Waals surface area contributed by atoms with Gasteiger partial charge in [0.1, 0.15) is 11.6 Å². The largest absolute Gasteiger partial charge is 0.338 e. The van der Waals surface area contributed by atoms with E-state index < -0.39 is 0 Å². The van der Waals surface area contributed by atoms with E-state index in [4.69, 9.17) is 9.97 Å². The smallest absolute Gasteiger partial charge is 0.253 e. The molecule has 1 atom stereocenters. The Hall–Kier alpha value is -2.83. The van der Waals surface area contributed by atoms with Crippen molar-refractivity contribution < 1.29 is 9.59 Å². The van der Waals surface area contributed by atoms with Gasteiger partial charge >= 0.3 is 0 Å². The van der Waals surface area contributed by atoms with Gasteiger partial charge in [-0.05, 0) is 57.1 Å². The van der Waals surface area contributed by atoms with Crippen LogP contribution in [0.2, 0.25) is 0 Å². The molecule has 2 aromatic heterocycles. The topological polar surface area (TPSA) is 79.3 Å². The molecule has 3 aliphatic rings. The number of hydrogen-bond acceptors (Lipinski definition) is 5. The molecule has 7 heteroatoms. The number of hydrogen-bond donors (Lipinski definition) is 0. The summed E-state index contributed by atoms with van der Waals surface area (Å²) in [5.41, 5.74) is 2.76.